The molecule has 13 heavy (non-hydrogen) atoms. The first-order valence-electron chi connectivity index (χ1n) is 5.27. The van der Waals surface area contributed by atoms with E-state index in [1.54, 1.807) is 0 Å². The largest absolute Gasteiger partial charge is 0.383 e. The molecule has 0 aromatic heterocycles. The van der Waals surface area contributed by atoms with Gasteiger partial charge >= 0.3 is 0 Å². The second kappa shape index (κ2) is 3.43. The summed E-state index contributed by atoms with van der Waals surface area (Å²) in [5, 5.41) is 10.4. The van der Waals surface area contributed by atoms with Crippen molar-refractivity contribution in [2.24, 2.45) is 0 Å². The second-order valence-electron chi connectivity index (χ2n) is 4.16. The lowest BCUT2D eigenvalue weighted by molar-refractivity contribution is -0.00388. The summed E-state index contributed by atoms with van der Waals surface area (Å²) in [6.07, 6.45) is 7.66. The number of hydrogen-bond donors (Lipinski definition) is 1. The van der Waals surface area contributed by atoms with Crippen molar-refractivity contribution in [3.05, 3.63) is 11.6 Å². The molecule has 0 bridgehead atoms. The monoisotopic (exact) mass is 182 g/mol. The van der Waals surface area contributed by atoms with Crippen LogP contribution in [0.3, 0.4) is 0 Å². The lowest BCUT2D eigenvalue weighted by Crippen LogP contribution is -2.38. The van der Waals surface area contributed by atoms with Crippen molar-refractivity contribution in [2.45, 2.75) is 50.7 Å². The first kappa shape index (κ1) is 9.22. The van der Waals surface area contributed by atoms with Crippen LogP contribution in [0.2, 0.25) is 0 Å². The Kier molecular flexibility index (Phi) is 2.43. The van der Waals surface area contributed by atoms with E-state index in [4.69, 9.17) is 4.74 Å². The van der Waals surface area contributed by atoms with Crippen LogP contribution in [-0.4, -0.2) is 23.4 Å². The van der Waals surface area contributed by atoms with Crippen LogP contribution >= 0.6 is 0 Å². The van der Waals surface area contributed by atoms with Gasteiger partial charge < -0.3 is 9.84 Å². The Morgan fingerprint density at radius 2 is 2.38 bits per heavy atom. The molecule has 0 spiro atoms. The molecular weight excluding hydrogens is 164 g/mol. The first-order valence-corrected chi connectivity index (χ1v) is 5.27. The van der Waals surface area contributed by atoms with Crippen molar-refractivity contribution in [2.75, 3.05) is 6.61 Å². The number of hydrogen-bond acceptors (Lipinski definition) is 2. The zero-order valence-electron chi connectivity index (χ0n) is 8.25. The minimum absolute atomic E-state index is 0.0168. The van der Waals surface area contributed by atoms with E-state index in [0.29, 0.717) is 6.61 Å². The Bertz CT molecular complexity index is 222. The van der Waals surface area contributed by atoms with Crippen LogP contribution in [0.4, 0.5) is 0 Å². The van der Waals surface area contributed by atoms with E-state index < -0.39 is 5.60 Å². The summed E-state index contributed by atoms with van der Waals surface area (Å²) < 4.78 is 5.43. The zero-order chi connectivity index (χ0) is 9.31. The van der Waals surface area contributed by atoms with Crippen molar-refractivity contribution in [1.29, 1.82) is 0 Å². The third-order valence-electron chi connectivity index (χ3n) is 3.37. The Labute approximate surface area is 79.6 Å². The maximum Gasteiger partial charge on any atom is 0.114 e. The molecule has 2 nitrogen and oxygen atoms in total. The predicted octanol–water partition coefficient (Wildman–Crippen LogP) is 2.03. The average molecular weight is 182 g/mol. The first-order chi connectivity index (χ1) is 6.23. The van der Waals surface area contributed by atoms with Gasteiger partial charge in [-0.2, -0.15) is 0 Å². The minimum Gasteiger partial charge on any atom is -0.383 e. The maximum absolute atomic E-state index is 10.4. The van der Waals surface area contributed by atoms with E-state index in [1.165, 1.54) is 18.4 Å². The fourth-order valence-electron chi connectivity index (χ4n) is 2.39. The molecule has 0 amide bonds. The summed E-state index contributed by atoms with van der Waals surface area (Å²) in [6, 6.07) is 0. The molecule has 2 rings (SSSR count). The number of ether oxygens (including phenoxy) is 1. The lowest BCUT2D eigenvalue weighted by atomic mass is 9.81. The van der Waals surface area contributed by atoms with Gasteiger partial charge in [-0.1, -0.05) is 6.08 Å². The summed E-state index contributed by atoms with van der Waals surface area (Å²) in [5.74, 6) is 0. The van der Waals surface area contributed by atoms with E-state index in [2.05, 4.69) is 6.08 Å². The fourth-order valence-corrected chi connectivity index (χ4v) is 2.39. The highest BCUT2D eigenvalue weighted by atomic mass is 16.5. The SMILES string of the molecule is CC1OCCC1(O)C1=CCCCC1. The highest BCUT2D eigenvalue weighted by Gasteiger charge is 2.42. The van der Waals surface area contributed by atoms with Crippen molar-refractivity contribution in [3.8, 4) is 0 Å². The van der Waals surface area contributed by atoms with E-state index in [1.807, 2.05) is 6.92 Å². The summed E-state index contributed by atoms with van der Waals surface area (Å²) in [4.78, 5) is 0. The van der Waals surface area contributed by atoms with Gasteiger partial charge in [0.15, 0.2) is 0 Å². The van der Waals surface area contributed by atoms with Gasteiger partial charge in [-0.3, -0.25) is 0 Å². The molecule has 2 aliphatic rings. The molecule has 2 heteroatoms. The Balaban J connectivity index is 2.17. The molecular formula is C11H18O2. The van der Waals surface area contributed by atoms with Gasteiger partial charge in [0.25, 0.3) is 0 Å². The van der Waals surface area contributed by atoms with Gasteiger partial charge in [-0.15, -0.1) is 0 Å². The van der Waals surface area contributed by atoms with E-state index >= 15 is 0 Å². The van der Waals surface area contributed by atoms with E-state index in [-0.39, 0.29) is 6.10 Å². The van der Waals surface area contributed by atoms with E-state index in [0.717, 1.165) is 19.3 Å². The summed E-state index contributed by atoms with van der Waals surface area (Å²) in [6.45, 7) is 2.68. The minimum atomic E-state index is -0.638. The third kappa shape index (κ3) is 1.53. The lowest BCUT2D eigenvalue weighted by Gasteiger charge is -2.31. The number of allylic oxidation sites excluding steroid dienone is 1. The predicted molar refractivity (Wildman–Crippen MR) is 51.5 cm³/mol. The highest BCUT2D eigenvalue weighted by molar-refractivity contribution is 5.22. The molecule has 0 aromatic rings. The van der Waals surface area contributed by atoms with Crippen LogP contribution in [-0.2, 0) is 4.74 Å². The van der Waals surface area contributed by atoms with Gasteiger partial charge in [0, 0.05) is 6.42 Å². The zero-order valence-corrected chi connectivity index (χ0v) is 8.25. The van der Waals surface area contributed by atoms with Gasteiger partial charge in [0.1, 0.15) is 5.60 Å². The maximum atomic E-state index is 10.4. The van der Waals surface area contributed by atoms with Crippen LogP contribution in [0, 0.1) is 0 Å². The molecule has 74 valence electrons. The van der Waals surface area contributed by atoms with Gasteiger partial charge in [0.05, 0.1) is 12.7 Å². The van der Waals surface area contributed by atoms with Gasteiger partial charge in [0.2, 0.25) is 0 Å². The van der Waals surface area contributed by atoms with E-state index in [9.17, 15) is 5.11 Å². The fraction of sp³-hybridized carbons (Fsp3) is 0.818. The Morgan fingerprint density at radius 3 is 2.92 bits per heavy atom. The molecule has 0 aromatic carbocycles. The van der Waals surface area contributed by atoms with Crippen LogP contribution < -0.4 is 0 Å². The van der Waals surface area contributed by atoms with Crippen LogP contribution in [0.5, 0.6) is 0 Å². The molecule has 1 N–H and O–H groups in total. The summed E-state index contributed by atoms with van der Waals surface area (Å²) >= 11 is 0. The van der Waals surface area contributed by atoms with Crippen molar-refractivity contribution in [1.82, 2.24) is 0 Å². The molecule has 1 aliphatic heterocycles. The van der Waals surface area contributed by atoms with Crippen molar-refractivity contribution >= 4 is 0 Å². The standard InChI is InChI=1S/C11H18O2/c1-9-11(12,7-8-13-9)10-5-3-2-4-6-10/h5,9,12H,2-4,6-8H2,1H3. The number of rotatable bonds is 1. The van der Waals surface area contributed by atoms with Crippen LogP contribution in [0.15, 0.2) is 11.6 Å². The van der Waals surface area contributed by atoms with Crippen molar-refractivity contribution < 1.29 is 9.84 Å². The van der Waals surface area contributed by atoms with Gasteiger partial charge in [-0.05, 0) is 38.2 Å². The summed E-state index contributed by atoms with van der Waals surface area (Å²) in [7, 11) is 0. The van der Waals surface area contributed by atoms with Crippen molar-refractivity contribution in [3.63, 3.8) is 0 Å². The second-order valence-corrected chi connectivity index (χ2v) is 4.16. The summed E-state index contributed by atoms with van der Waals surface area (Å²) in [5.41, 5.74) is 0.587. The molecule has 0 radical (unpaired) electrons. The average Bonchev–Trinajstić information content (AvgIpc) is 2.50. The highest BCUT2D eigenvalue weighted by Crippen LogP contribution is 2.37. The number of aliphatic hydroxyl groups is 1. The normalized spacial score (nSPS) is 40.5. The molecule has 1 fully saturated rings. The molecule has 2 unspecified atom stereocenters. The van der Waals surface area contributed by atoms with Crippen LogP contribution in [0.1, 0.15) is 39.0 Å². The van der Waals surface area contributed by atoms with Gasteiger partial charge in [-0.25, -0.2) is 0 Å². The molecule has 1 aliphatic carbocycles. The molecule has 1 heterocycles. The molecule has 1 saturated heterocycles. The Morgan fingerprint density at radius 1 is 1.54 bits per heavy atom. The Hall–Kier alpha value is -0.340. The van der Waals surface area contributed by atoms with Crippen LogP contribution in [0.25, 0.3) is 0 Å². The smallest absolute Gasteiger partial charge is 0.114 e. The molecule has 2 atom stereocenters. The third-order valence-corrected chi connectivity index (χ3v) is 3.37. The quantitative estimate of drug-likeness (QED) is 0.629. The topological polar surface area (TPSA) is 29.5 Å². The molecule has 0 saturated carbocycles.